The number of aromatic nitrogens is 2. The molecular formula is C43H31IrN3O-2. The molecule has 48 heavy (non-hydrogen) atoms. The van der Waals surface area contributed by atoms with E-state index in [4.69, 9.17) is 4.42 Å². The molecule has 0 amide bonds. The van der Waals surface area contributed by atoms with Crippen LogP contribution in [0.5, 0.6) is 0 Å². The van der Waals surface area contributed by atoms with Crippen molar-refractivity contribution in [3.8, 4) is 39.7 Å². The molecule has 8 aromatic rings. The van der Waals surface area contributed by atoms with Crippen molar-refractivity contribution in [2.75, 3.05) is 0 Å². The number of fused-ring (bicyclic) bond motifs is 4. The number of nitrogens with zero attached hydrogens (tertiary/aromatic N) is 3. The predicted molar refractivity (Wildman–Crippen MR) is 191 cm³/mol. The van der Waals surface area contributed by atoms with Gasteiger partial charge in [-0.05, 0) is 57.4 Å². The van der Waals surface area contributed by atoms with Crippen LogP contribution < -0.4 is 0 Å². The van der Waals surface area contributed by atoms with Gasteiger partial charge in [-0.2, -0.15) is 5.26 Å². The molecule has 0 bridgehead atoms. The molecule has 0 atom stereocenters. The Hall–Kier alpha value is -5.40. The van der Waals surface area contributed by atoms with Crippen molar-refractivity contribution in [1.29, 1.82) is 5.26 Å². The summed E-state index contributed by atoms with van der Waals surface area (Å²) in [7, 11) is 0. The molecule has 235 valence electrons. The van der Waals surface area contributed by atoms with E-state index in [0.717, 1.165) is 60.8 Å². The molecule has 5 aromatic carbocycles. The van der Waals surface area contributed by atoms with Crippen molar-refractivity contribution in [3.05, 3.63) is 157 Å². The van der Waals surface area contributed by atoms with Crippen LogP contribution in [0.2, 0.25) is 0 Å². The van der Waals surface area contributed by atoms with Crippen molar-refractivity contribution < 1.29 is 24.5 Å². The van der Waals surface area contributed by atoms with Crippen LogP contribution in [0.15, 0.2) is 138 Å². The maximum Gasteiger partial charge on any atom is 0.130 e. The van der Waals surface area contributed by atoms with Gasteiger partial charge in [0.15, 0.2) is 0 Å². The molecule has 4 nitrogen and oxygen atoms in total. The molecular weight excluding hydrogens is 767 g/mol. The number of furan rings is 1. The molecule has 0 aliphatic heterocycles. The van der Waals surface area contributed by atoms with Crippen molar-refractivity contribution in [3.63, 3.8) is 0 Å². The Morgan fingerprint density at radius 1 is 0.688 bits per heavy atom. The van der Waals surface area contributed by atoms with Crippen LogP contribution >= 0.6 is 0 Å². The van der Waals surface area contributed by atoms with Crippen LogP contribution in [-0.4, -0.2) is 9.97 Å². The van der Waals surface area contributed by atoms with Crippen molar-refractivity contribution in [2.45, 2.75) is 26.2 Å². The maximum absolute atomic E-state index is 9.85. The van der Waals surface area contributed by atoms with E-state index in [-0.39, 0.29) is 25.5 Å². The standard InChI is InChI=1S/C28H15N2O.C15H16N.Ir/c29-17-21-13-14-23-22-8-5-9-24(25-10-3-4-15-30-25)27(22)31-28(23)26(21)20-12-11-18-6-1-2-7-19(18)16-20;1-15(2,3)13-9-7-12(8-10-13)14-6-4-5-11-16-14;/h1-8,10-16H;4-7,9-11H,1-3H3;/q2*-1;. The van der Waals surface area contributed by atoms with Crippen LogP contribution in [0.25, 0.3) is 66.4 Å². The Balaban J connectivity index is 0.000000201. The fourth-order valence-corrected chi connectivity index (χ4v) is 5.80. The van der Waals surface area contributed by atoms with E-state index in [0.29, 0.717) is 11.1 Å². The van der Waals surface area contributed by atoms with E-state index in [2.05, 4.69) is 97.5 Å². The molecule has 0 spiro atoms. The number of pyridine rings is 2. The zero-order valence-corrected chi connectivity index (χ0v) is 29.2. The first-order valence-electron chi connectivity index (χ1n) is 15.5. The Morgan fingerprint density at radius 2 is 1.40 bits per heavy atom. The van der Waals surface area contributed by atoms with E-state index in [9.17, 15) is 5.26 Å². The second-order valence-corrected chi connectivity index (χ2v) is 12.4. The van der Waals surface area contributed by atoms with Crippen molar-refractivity contribution in [2.24, 2.45) is 0 Å². The number of rotatable bonds is 3. The summed E-state index contributed by atoms with van der Waals surface area (Å²) in [5, 5.41) is 14.1. The minimum atomic E-state index is 0. The molecule has 0 aliphatic rings. The maximum atomic E-state index is 9.85. The minimum absolute atomic E-state index is 0. The van der Waals surface area contributed by atoms with Gasteiger partial charge < -0.3 is 14.4 Å². The van der Waals surface area contributed by atoms with Gasteiger partial charge in [-0.15, -0.1) is 53.6 Å². The Bertz CT molecular complexity index is 2390. The largest absolute Gasteiger partial charge is 0.500 e. The number of nitriles is 1. The van der Waals surface area contributed by atoms with Gasteiger partial charge in [0.25, 0.3) is 0 Å². The summed E-state index contributed by atoms with van der Waals surface area (Å²) in [4.78, 5) is 8.78. The average molecular weight is 798 g/mol. The molecule has 8 rings (SSSR count). The molecule has 0 saturated carbocycles. The van der Waals surface area contributed by atoms with Crippen LogP contribution in [0.1, 0.15) is 31.9 Å². The summed E-state index contributed by atoms with van der Waals surface area (Å²) in [5.74, 6) is 0. The topological polar surface area (TPSA) is 62.7 Å². The molecule has 5 heteroatoms. The van der Waals surface area contributed by atoms with Gasteiger partial charge in [0, 0.05) is 43.4 Å². The van der Waals surface area contributed by atoms with Crippen molar-refractivity contribution in [1.82, 2.24) is 9.97 Å². The van der Waals surface area contributed by atoms with Gasteiger partial charge in [-0.1, -0.05) is 98.5 Å². The van der Waals surface area contributed by atoms with E-state index in [1.54, 1.807) is 12.4 Å². The first kappa shape index (κ1) is 32.5. The van der Waals surface area contributed by atoms with E-state index < -0.39 is 0 Å². The Labute approximate surface area is 294 Å². The van der Waals surface area contributed by atoms with Gasteiger partial charge in [-0.25, -0.2) is 0 Å². The third kappa shape index (κ3) is 6.42. The van der Waals surface area contributed by atoms with Gasteiger partial charge >= 0.3 is 0 Å². The predicted octanol–water partition coefficient (Wildman–Crippen LogP) is 11.0. The van der Waals surface area contributed by atoms with Gasteiger partial charge in [0.1, 0.15) is 5.58 Å². The molecule has 1 radical (unpaired) electrons. The molecule has 0 saturated heterocycles. The number of hydrogen-bond acceptors (Lipinski definition) is 4. The van der Waals surface area contributed by atoms with Crippen LogP contribution in [0.4, 0.5) is 0 Å². The first-order chi connectivity index (χ1) is 22.9. The SMILES string of the molecule is CC(C)(C)c1c[c-]c(-c2ccccn2)cc1.N#Cc1ccc2c(oc3c(-c4ccccn4)[c-]ccc32)c1-c1ccc2ccccc2c1.[Ir]. The summed E-state index contributed by atoms with van der Waals surface area (Å²) in [6, 6.07) is 49.1. The summed E-state index contributed by atoms with van der Waals surface area (Å²) >= 11 is 0. The molecule has 3 heterocycles. The Kier molecular flexibility index (Phi) is 9.33. The zero-order chi connectivity index (χ0) is 32.4. The fraction of sp³-hybridized carbons (Fsp3) is 0.0930. The normalized spacial score (nSPS) is 11.0. The summed E-state index contributed by atoms with van der Waals surface area (Å²) in [6.07, 6.45) is 3.57. The van der Waals surface area contributed by atoms with E-state index in [1.807, 2.05) is 72.8 Å². The second-order valence-electron chi connectivity index (χ2n) is 12.4. The summed E-state index contributed by atoms with van der Waals surface area (Å²) in [6.45, 7) is 6.61. The monoisotopic (exact) mass is 798 g/mol. The number of benzene rings is 5. The molecule has 0 aliphatic carbocycles. The minimum Gasteiger partial charge on any atom is -0.500 e. The third-order valence-electron chi connectivity index (χ3n) is 8.30. The van der Waals surface area contributed by atoms with E-state index in [1.165, 1.54) is 5.56 Å². The molecule has 0 fully saturated rings. The van der Waals surface area contributed by atoms with Crippen LogP contribution in [-0.2, 0) is 25.5 Å². The number of hydrogen-bond donors (Lipinski definition) is 0. The summed E-state index contributed by atoms with van der Waals surface area (Å²) in [5.41, 5.74) is 8.93. The van der Waals surface area contributed by atoms with Crippen LogP contribution in [0.3, 0.4) is 0 Å². The smallest absolute Gasteiger partial charge is 0.130 e. The fourth-order valence-electron chi connectivity index (χ4n) is 5.80. The average Bonchev–Trinajstić information content (AvgIpc) is 3.51. The van der Waals surface area contributed by atoms with E-state index >= 15 is 0 Å². The van der Waals surface area contributed by atoms with Gasteiger partial charge in [0.05, 0.1) is 17.2 Å². The summed E-state index contributed by atoms with van der Waals surface area (Å²) < 4.78 is 6.46. The third-order valence-corrected chi connectivity index (χ3v) is 8.30. The van der Waals surface area contributed by atoms with Gasteiger partial charge in [-0.3, -0.25) is 0 Å². The van der Waals surface area contributed by atoms with Crippen LogP contribution in [0, 0.1) is 23.5 Å². The second kappa shape index (κ2) is 13.8. The Morgan fingerprint density at radius 3 is 2.06 bits per heavy atom. The molecule has 0 unspecified atom stereocenters. The zero-order valence-electron chi connectivity index (χ0n) is 26.8. The van der Waals surface area contributed by atoms with Crippen molar-refractivity contribution >= 4 is 32.7 Å². The first-order valence-corrected chi connectivity index (χ1v) is 15.5. The molecule has 0 N–H and O–H groups in total. The quantitative estimate of drug-likeness (QED) is 0.167. The molecule has 3 aromatic heterocycles. The van der Waals surface area contributed by atoms with Gasteiger partial charge in [0.2, 0.25) is 0 Å².